The number of nitrogens with one attached hydrogen (secondary N) is 1. The molecule has 1 aliphatic heterocycles. The number of carbonyl (C=O) groups excluding carboxylic acids is 1. The summed E-state index contributed by atoms with van der Waals surface area (Å²) in [6, 6.07) is 3.68. The van der Waals surface area contributed by atoms with E-state index in [1.807, 2.05) is 28.8 Å². The lowest BCUT2D eigenvalue weighted by Crippen LogP contribution is -2.40. The lowest BCUT2D eigenvalue weighted by atomic mass is 9.96. The van der Waals surface area contributed by atoms with Crippen LogP contribution in [-0.2, 0) is 12.8 Å². The van der Waals surface area contributed by atoms with Gasteiger partial charge in [-0.3, -0.25) is 4.79 Å². The minimum atomic E-state index is 0.00939. The minimum Gasteiger partial charge on any atom is -0.455 e. The Morgan fingerprint density at radius 1 is 1.40 bits per heavy atom. The number of imidazole rings is 1. The molecule has 6 nitrogen and oxygen atoms in total. The van der Waals surface area contributed by atoms with E-state index in [0.717, 1.165) is 49.9 Å². The van der Waals surface area contributed by atoms with Crippen LogP contribution in [0.1, 0.15) is 36.1 Å². The molecular weight excluding hydrogens is 336 g/mol. The van der Waals surface area contributed by atoms with Gasteiger partial charge >= 0.3 is 0 Å². The van der Waals surface area contributed by atoms with Crippen LogP contribution in [0.3, 0.4) is 0 Å². The van der Waals surface area contributed by atoms with E-state index in [4.69, 9.17) is 4.42 Å². The summed E-state index contributed by atoms with van der Waals surface area (Å²) < 4.78 is 7.74. The van der Waals surface area contributed by atoms with Gasteiger partial charge in [0, 0.05) is 32.5 Å². The van der Waals surface area contributed by atoms with Gasteiger partial charge in [0.15, 0.2) is 10.9 Å². The lowest BCUT2D eigenvalue weighted by molar-refractivity contribution is 0.0657. The number of hydrogen-bond donors (Lipinski definition) is 1. The van der Waals surface area contributed by atoms with E-state index in [1.54, 1.807) is 24.0 Å². The van der Waals surface area contributed by atoms with Crippen LogP contribution < -0.4 is 5.32 Å². The molecule has 0 bridgehead atoms. The summed E-state index contributed by atoms with van der Waals surface area (Å²) in [7, 11) is 1.96. The standard InChI is InChI=1S/C18H26N4O2S/c1-3-19-12-14-6-9-22(10-7-14)17(23)16-5-4-15(24-16)13-25-18-20-8-11-21(18)2/h4-5,8,11,14,19H,3,6-7,9-10,12-13H2,1-2H3. The Balaban J connectivity index is 1.50. The number of furan rings is 1. The molecule has 3 heterocycles. The van der Waals surface area contributed by atoms with E-state index >= 15 is 0 Å². The molecular formula is C18H26N4O2S. The van der Waals surface area contributed by atoms with Crippen LogP contribution in [-0.4, -0.2) is 46.5 Å². The highest BCUT2D eigenvalue weighted by Gasteiger charge is 2.25. The largest absolute Gasteiger partial charge is 0.455 e. The quantitative estimate of drug-likeness (QED) is 0.768. The molecule has 7 heteroatoms. The van der Waals surface area contributed by atoms with Crippen molar-refractivity contribution in [2.24, 2.45) is 13.0 Å². The Kier molecular flexibility index (Phi) is 6.20. The topological polar surface area (TPSA) is 63.3 Å². The first-order chi connectivity index (χ1) is 12.2. The van der Waals surface area contributed by atoms with Crippen molar-refractivity contribution in [3.8, 4) is 0 Å². The summed E-state index contributed by atoms with van der Waals surface area (Å²) in [5.74, 6) is 2.60. The number of carbonyl (C=O) groups is 1. The van der Waals surface area contributed by atoms with Crippen molar-refractivity contribution in [2.75, 3.05) is 26.2 Å². The highest BCUT2D eigenvalue weighted by Crippen LogP contribution is 2.23. The zero-order valence-corrected chi connectivity index (χ0v) is 15.7. The third-order valence-electron chi connectivity index (χ3n) is 4.58. The van der Waals surface area contributed by atoms with Gasteiger partial charge in [-0.15, -0.1) is 0 Å². The van der Waals surface area contributed by atoms with E-state index in [9.17, 15) is 4.79 Å². The number of hydrogen-bond acceptors (Lipinski definition) is 5. The van der Waals surface area contributed by atoms with Gasteiger partial charge in [-0.05, 0) is 44.0 Å². The van der Waals surface area contributed by atoms with E-state index in [1.165, 1.54) is 0 Å². The van der Waals surface area contributed by atoms with Gasteiger partial charge in [-0.1, -0.05) is 18.7 Å². The van der Waals surface area contributed by atoms with Crippen LogP contribution in [0.25, 0.3) is 0 Å². The average molecular weight is 362 g/mol. The van der Waals surface area contributed by atoms with Crippen molar-refractivity contribution in [3.63, 3.8) is 0 Å². The molecule has 1 N–H and O–H groups in total. The highest BCUT2D eigenvalue weighted by molar-refractivity contribution is 7.98. The van der Waals surface area contributed by atoms with Crippen LogP contribution in [0.15, 0.2) is 34.1 Å². The van der Waals surface area contributed by atoms with E-state index in [-0.39, 0.29) is 5.91 Å². The number of piperidine rings is 1. The molecule has 0 radical (unpaired) electrons. The summed E-state index contributed by atoms with van der Waals surface area (Å²) in [5.41, 5.74) is 0. The zero-order valence-electron chi connectivity index (χ0n) is 14.9. The Labute approximate surface area is 153 Å². The molecule has 1 fully saturated rings. The van der Waals surface area contributed by atoms with Gasteiger partial charge < -0.3 is 19.2 Å². The Morgan fingerprint density at radius 3 is 2.88 bits per heavy atom. The fourth-order valence-corrected chi connectivity index (χ4v) is 3.87. The van der Waals surface area contributed by atoms with Crippen molar-refractivity contribution in [1.29, 1.82) is 0 Å². The number of likely N-dealkylation sites (tertiary alicyclic amines) is 1. The highest BCUT2D eigenvalue weighted by atomic mass is 32.2. The van der Waals surface area contributed by atoms with Gasteiger partial charge in [0.05, 0.1) is 5.75 Å². The molecule has 0 atom stereocenters. The maximum Gasteiger partial charge on any atom is 0.289 e. The SMILES string of the molecule is CCNCC1CCN(C(=O)c2ccc(CSc3nccn3C)o2)CC1. The molecule has 136 valence electrons. The summed E-state index contributed by atoms with van der Waals surface area (Å²) in [6.45, 7) is 5.80. The second-order valence-electron chi connectivity index (χ2n) is 6.42. The first-order valence-corrected chi connectivity index (χ1v) is 9.84. The van der Waals surface area contributed by atoms with Crippen molar-refractivity contribution < 1.29 is 9.21 Å². The molecule has 0 aliphatic carbocycles. The number of thioether (sulfide) groups is 1. The number of aryl methyl sites for hydroxylation is 1. The van der Waals surface area contributed by atoms with Gasteiger partial charge in [0.2, 0.25) is 0 Å². The molecule has 3 rings (SSSR count). The maximum absolute atomic E-state index is 12.6. The van der Waals surface area contributed by atoms with Crippen LogP contribution in [0.5, 0.6) is 0 Å². The number of rotatable bonds is 7. The fraction of sp³-hybridized carbons (Fsp3) is 0.556. The Bertz CT molecular complexity index is 689. The predicted molar refractivity (Wildman–Crippen MR) is 98.6 cm³/mol. The molecule has 1 aliphatic rings. The second-order valence-corrected chi connectivity index (χ2v) is 7.36. The monoisotopic (exact) mass is 362 g/mol. The summed E-state index contributed by atoms with van der Waals surface area (Å²) >= 11 is 1.60. The smallest absolute Gasteiger partial charge is 0.289 e. The van der Waals surface area contributed by atoms with Crippen LogP contribution in [0.4, 0.5) is 0 Å². The summed E-state index contributed by atoms with van der Waals surface area (Å²) in [4.78, 5) is 18.8. The molecule has 1 amide bonds. The molecule has 0 spiro atoms. The van der Waals surface area contributed by atoms with E-state index in [0.29, 0.717) is 17.4 Å². The van der Waals surface area contributed by atoms with Crippen molar-refractivity contribution >= 4 is 17.7 Å². The molecule has 2 aromatic rings. The molecule has 1 saturated heterocycles. The van der Waals surface area contributed by atoms with Crippen LogP contribution in [0.2, 0.25) is 0 Å². The molecule has 2 aromatic heterocycles. The van der Waals surface area contributed by atoms with Gasteiger partial charge in [-0.2, -0.15) is 0 Å². The molecule has 0 unspecified atom stereocenters. The predicted octanol–water partition coefficient (Wildman–Crippen LogP) is 2.77. The van der Waals surface area contributed by atoms with Gasteiger partial charge in [-0.25, -0.2) is 4.98 Å². The lowest BCUT2D eigenvalue weighted by Gasteiger charge is -2.31. The number of nitrogens with zero attached hydrogens (tertiary/aromatic N) is 3. The number of amides is 1. The van der Waals surface area contributed by atoms with Gasteiger partial charge in [0.25, 0.3) is 5.91 Å². The van der Waals surface area contributed by atoms with Crippen molar-refractivity contribution in [3.05, 3.63) is 36.0 Å². The fourth-order valence-electron chi connectivity index (χ4n) is 3.04. The number of aromatic nitrogens is 2. The third-order valence-corrected chi connectivity index (χ3v) is 5.66. The minimum absolute atomic E-state index is 0.00939. The molecule has 0 aromatic carbocycles. The first kappa shape index (κ1) is 18.1. The van der Waals surface area contributed by atoms with Crippen molar-refractivity contribution in [1.82, 2.24) is 19.8 Å². The summed E-state index contributed by atoms with van der Waals surface area (Å²) in [6.07, 6.45) is 5.81. The van der Waals surface area contributed by atoms with Crippen LogP contribution in [0, 0.1) is 5.92 Å². The van der Waals surface area contributed by atoms with Crippen molar-refractivity contribution in [2.45, 2.75) is 30.7 Å². The molecule has 0 saturated carbocycles. The van der Waals surface area contributed by atoms with Gasteiger partial charge in [0.1, 0.15) is 5.76 Å². The summed E-state index contributed by atoms with van der Waals surface area (Å²) in [5, 5.41) is 4.33. The van der Waals surface area contributed by atoms with Crippen LogP contribution >= 0.6 is 11.8 Å². The molecule has 25 heavy (non-hydrogen) atoms. The third kappa shape index (κ3) is 4.67. The zero-order chi connectivity index (χ0) is 17.6. The first-order valence-electron chi connectivity index (χ1n) is 8.86. The second kappa shape index (κ2) is 8.58. The maximum atomic E-state index is 12.6. The average Bonchev–Trinajstić information content (AvgIpc) is 3.27. The van der Waals surface area contributed by atoms with E-state index in [2.05, 4.69) is 17.2 Å². The van der Waals surface area contributed by atoms with E-state index < -0.39 is 0 Å². The Hall–Kier alpha value is -1.73. The Morgan fingerprint density at radius 2 is 2.20 bits per heavy atom. The normalized spacial score (nSPS) is 15.7.